The highest BCUT2D eigenvalue weighted by Crippen LogP contribution is 2.45. The maximum Gasteiger partial charge on any atom is 0.123 e. The van der Waals surface area contributed by atoms with Gasteiger partial charge >= 0.3 is 0 Å². The molecule has 4 heteroatoms. The standard InChI is InChI=1S/C19H24FNO2/c20-16-5-3-15(4-6-16)19(22)10-17-7-8-18(11-19)21(17)12-14-2-1-9-23-13-14/h2-6,17-18,22H,1,7-13H2. The number of hydrogen-bond donors (Lipinski definition) is 1. The first kappa shape index (κ1) is 15.3. The molecule has 2 saturated heterocycles. The molecule has 1 aromatic rings. The number of hydrogen-bond acceptors (Lipinski definition) is 3. The third-order valence-electron chi connectivity index (χ3n) is 5.67. The summed E-state index contributed by atoms with van der Waals surface area (Å²) in [6.07, 6.45) is 7.08. The van der Waals surface area contributed by atoms with Crippen LogP contribution in [0.1, 0.15) is 37.7 Å². The van der Waals surface area contributed by atoms with E-state index in [0.29, 0.717) is 12.1 Å². The lowest BCUT2D eigenvalue weighted by Crippen LogP contribution is -2.50. The summed E-state index contributed by atoms with van der Waals surface area (Å²) >= 11 is 0. The molecule has 3 aliphatic rings. The van der Waals surface area contributed by atoms with Crippen molar-refractivity contribution in [2.75, 3.05) is 19.8 Å². The number of nitrogens with zero attached hydrogens (tertiary/aromatic N) is 1. The molecule has 124 valence electrons. The molecule has 23 heavy (non-hydrogen) atoms. The molecule has 2 unspecified atom stereocenters. The molecular weight excluding hydrogens is 293 g/mol. The summed E-state index contributed by atoms with van der Waals surface area (Å²) < 4.78 is 18.7. The second kappa shape index (κ2) is 6.00. The normalized spacial score (nSPS) is 34.4. The largest absolute Gasteiger partial charge is 0.385 e. The summed E-state index contributed by atoms with van der Waals surface area (Å²) in [6, 6.07) is 7.19. The van der Waals surface area contributed by atoms with E-state index in [-0.39, 0.29) is 5.82 Å². The molecule has 4 rings (SSSR count). The number of halogens is 1. The highest BCUT2D eigenvalue weighted by molar-refractivity contribution is 5.26. The number of aliphatic hydroxyl groups is 1. The summed E-state index contributed by atoms with van der Waals surface area (Å²) in [5, 5.41) is 11.1. The molecule has 3 aliphatic heterocycles. The Morgan fingerprint density at radius 2 is 1.87 bits per heavy atom. The lowest BCUT2D eigenvalue weighted by molar-refractivity contribution is -0.0551. The van der Waals surface area contributed by atoms with E-state index in [2.05, 4.69) is 11.0 Å². The first-order valence-electron chi connectivity index (χ1n) is 8.64. The highest BCUT2D eigenvalue weighted by atomic mass is 19.1. The van der Waals surface area contributed by atoms with Gasteiger partial charge < -0.3 is 9.84 Å². The van der Waals surface area contributed by atoms with Crippen LogP contribution in [0.4, 0.5) is 4.39 Å². The molecule has 0 aliphatic carbocycles. The maximum atomic E-state index is 13.2. The SMILES string of the molecule is OC1(c2ccc(F)cc2)CC2CCC(C1)N2CC1=CCCOC1. The number of ether oxygens (including phenoxy) is 1. The minimum absolute atomic E-state index is 0.248. The average molecular weight is 317 g/mol. The summed E-state index contributed by atoms with van der Waals surface area (Å²) in [6.45, 7) is 2.55. The Morgan fingerprint density at radius 1 is 1.17 bits per heavy atom. The van der Waals surface area contributed by atoms with E-state index >= 15 is 0 Å². The second-order valence-electron chi connectivity index (χ2n) is 7.21. The van der Waals surface area contributed by atoms with E-state index in [1.165, 1.54) is 17.7 Å². The quantitative estimate of drug-likeness (QED) is 0.870. The zero-order chi connectivity index (χ0) is 15.9. The zero-order valence-corrected chi connectivity index (χ0v) is 13.4. The van der Waals surface area contributed by atoms with Crippen LogP contribution in [0.2, 0.25) is 0 Å². The second-order valence-corrected chi connectivity index (χ2v) is 7.21. The van der Waals surface area contributed by atoms with Crippen molar-refractivity contribution >= 4 is 0 Å². The molecule has 0 radical (unpaired) electrons. The highest BCUT2D eigenvalue weighted by Gasteiger charge is 2.48. The van der Waals surface area contributed by atoms with E-state index in [1.54, 1.807) is 12.1 Å². The molecule has 0 amide bonds. The van der Waals surface area contributed by atoms with E-state index in [9.17, 15) is 9.50 Å². The number of fused-ring (bicyclic) bond motifs is 2. The summed E-state index contributed by atoms with van der Waals surface area (Å²) in [5.41, 5.74) is 1.42. The monoisotopic (exact) mass is 317 g/mol. The minimum Gasteiger partial charge on any atom is -0.385 e. The van der Waals surface area contributed by atoms with Gasteiger partial charge in [-0.15, -0.1) is 0 Å². The van der Waals surface area contributed by atoms with Crippen LogP contribution in [0.3, 0.4) is 0 Å². The van der Waals surface area contributed by atoms with Crippen LogP contribution in [0.15, 0.2) is 35.9 Å². The van der Waals surface area contributed by atoms with Gasteiger partial charge in [-0.3, -0.25) is 4.90 Å². The Balaban J connectivity index is 1.50. The molecule has 2 fully saturated rings. The molecule has 0 aromatic heterocycles. The van der Waals surface area contributed by atoms with Gasteiger partial charge in [-0.25, -0.2) is 4.39 Å². The van der Waals surface area contributed by atoms with Crippen LogP contribution in [0.5, 0.6) is 0 Å². The average Bonchev–Trinajstić information content (AvgIpc) is 2.80. The Hall–Kier alpha value is -1.23. The predicted octanol–water partition coefficient (Wildman–Crippen LogP) is 2.99. The van der Waals surface area contributed by atoms with Crippen molar-refractivity contribution in [3.05, 3.63) is 47.3 Å². The van der Waals surface area contributed by atoms with E-state index in [1.807, 2.05) is 0 Å². The van der Waals surface area contributed by atoms with Crippen molar-refractivity contribution in [2.24, 2.45) is 0 Å². The van der Waals surface area contributed by atoms with Crippen molar-refractivity contribution < 1.29 is 14.2 Å². The molecule has 3 heterocycles. The van der Waals surface area contributed by atoms with Crippen molar-refractivity contribution in [1.82, 2.24) is 4.90 Å². The van der Waals surface area contributed by atoms with Crippen LogP contribution in [0, 0.1) is 5.82 Å². The molecule has 0 spiro atoms. The minimum atomic E-state index is -0.812. The fourth-order valence-electron chi connectivity index (χ4n) is 4.52. The van der Waals surface area contributed by atoms with Gasteiger partial charge in [0.1, 0.15) is 5.82 Å². The van der Waals surface area contributed by atoms with Crippen molar-refractivity contribution in [3.8, 4) is 0 Å². The molecule has 1 aromatic carbocycles. The lowest BCUT2D eigenvalue weighted by Gasteiger charge is -2.44. The Bertz CT molecular complexity index is 584. The predicted molar refractivity (Wildman–Crippen MR) is 86.6 cm³/mol. The third-order valence-corrected chi connectivity index (χ3v) is 5.67. The molecule has 2 atom stereocenters. The number of piperidine rings is 1. The molecule has 0 saturated carbocycles. The Labute approximate surface area is 136 Å². The Kier molecular flexibility index (Phi) is 4.00. The van der Waals surface area contributed by atoms with Crippen molar-refractivity contribution in [2.45, 2.75) is 49.8 Å². The number of benzene rings is 1. The van der Waals surface area contributed by atoms with E-state index in [4.69, 9.17) is 4.74 Å². The topological polar surface area (TPSA) is 32.7 Å². The van der Waals surface area contributed by atoms with Crippen molar-refractivity contribution in [3.63, 3.8) is 0 Å². The van der Waals surface area contributed by atoms with Gasteiger partial charge in [0.15, 0.2) is 0 Å². The fourth-order valence-corrected chi connectivity index (χ4v) is 4.52. The van der Waals surface area contributed by atoms with Gasteiger partial charge in [0.2, 0.25) is 0 Å². The molecule has 3 nitrogen and oxygen atoms in total. The summed E-state index contributed by atoms with van der Waals surface area (Å²) in [4.78, 5) is 2.55. The van der Waals surface area contributed by atoms with Gasteiger partial charge in [0, 0.05) is 18.6 Å². The Morgan fingerprint density at radius 3 is 2.48 bits per heavy atom. The molecular formula is C19H24FNO2. The maximum absolute atomic E-state index is 13.2. The van der Waals surface area contributed by atoms with Crippen LogP contribution >= 0.6 is 0 Å². The van der Waals surface area contributed by atoms with Crippen LogP contribution < -0.4 is 0 Å². The van der Waals surface area contributed by atoms with Gasteiger partial charge in [0.25, 0.3) is 0 Å². The van der Waals surface area contributed by atoms with Gasteiger partial charge in [-0.1, -0.05) is 18.2 Å². The first-order valence-corrected chi connectivity index (χ1v) is 8.64. The van der Waals surface area contributed by atoms with Crippen molar-refractivity contribution in [1.29, 1.82) is 0 Å². The van der Waals surface area contributed by atoms with E-state index < -0.39 is 5.60 Å². The fraction of sp³-hybridized carbons (Fsp3) is 0.579. The van der Waals surface area contributed by atoms with Crippen LogP contribution in [-0.2, 0) is 10.3 Å². The first-order chi connectivity index (χ1) is 11.1. The van der Waals surface area contributed by atoms with Gasteiger partial charge in [0.05, 0.1) is 18.8 Å². The molecule has 1 N–H and O–H groups in total. The third kappa shape index (κ3) is 2.95. The smallest absolute Gasteiger partial charge is 0.123 e. The van der Waals surface area contributed by atoms with Gasteiger partial charge in [-0.05, 0) is 55.4 Å². The van der Waals surface area contributed by atoms with Gasteiger partial charge in [-0.2, -0.15) is 0 Å². The summed E-state index contributed by atoms with van der Waals surface area (Å²) in [7, 11) is 0. The number of rotatable bonds is 3. The zero-order valence-electron chi connectivity index (χ0n) is 13.4. The van der Waals surface area contributed by atoms with E-state index in [0.717, 1.165) is 57.4 Å². The van der Waals surface area contributed by atoms with Crippen LogP contribution in [0.25, 0.3) is 0 Å². The lowest BCUT2D eigenvalue weighted by atomic mass is 9.80. The summed E-state index contributed by atoms with van der Waals surface area (Å²) in [5.74, 6) is -0.248. The van der Waals surface area contributed by atoms with Crippen LogP contribution in [-0.4, -0.2) is 41.8 Å². The molecule has 2 bridgehead atoms.